The van der Waals surface area contributed by atoms with Gasteiger partial charge < -0.3 is 5.32 Å². The van der Waals surface area contributed by atoms with Crippen LogP contribution in [0.2, 0.25) is 10.0 Å². The predicted molar refractivity (Wildman–Crippen MR) is 133 cm³/mol. The molecule has 0 aliphatic heterocycles. The summed E-state index contributed by atoms with van der Waals surface area (Å²) in [4.78, 5) is 12.5. The molecule has 0 atom stereocenters. The lowest BCUT2D eigenvalue weighted by Gasteiger charge is -2.24. The Balaban J connectivity index is 1.60. The molecule has 0 radical (unpaired) electrons. The van der Waals surface area contributed by atoms with Gasteiger partial charge in [0.05, 0.1) is 20.6 Å². The second-order valence-corrected chi connectivity index (χ2v) is 10.7. The number of nitrogens with zero attached hydrogens (tertiary/aromatic N) is 1. The fourth-order valence-corrected chi connectivity index (χ4v) is 5.46. The summed E-state index contributed by atoms with van der Waals surface area (Å²) in [7, 11) is -4.07. The number of carbonyl (C=O) groups excluding carboxylic acids is 1. The van der Waals surface area contributed by atoms with E-state index in [1.807, 2.05) is 6.07 Å². The summed E-state index contributed by atoms with van der Waals surface area (Å²) in [5.74, 6) is 0.333. The Morgan fingerprint density at radius 3 is 2.33 bits per heavy atom. The van der Waals surface area contributed by atoms with Crippen molar-refractivity contribution in [3.63, 3.8) is 0 Å². The van der Waals surface area contributed by atoms with Gasteiger partial charge in [0, 0.05) is 18.1 Å². The van der Waals surface area contributed by atoms with Crippen LogP contribution in [0.3, 0.4) is 0 Å². The van der Waals surface area contributed by atoms with Gasteiger partial charge in [-0.25, -0.2) is 12.8 Å². The lowest BCUT2D eigenvalue weighted by molar-refractivity contribution is -0.119. The summed E-state index contributed by atoms with van der Waals surface area (Å²) in [6, 6.07) is 18.2. The number of nitrogens with one attached hydrogen (secondary N) is 1. The van der Waals surface area contributed by atoms with Gasteiger partial charge in [0.1, 0.15) is 12.4 Å². The van der Waals surface area contributed by atoms with Gasteiger partial charge in [-0.3, -0.25) is 9.10 Å². The zero-order valence-electron chi connectivity index (χ0n) is 17.4. The van der Waals surface area contributed by atoms with E-state index in [4.69, 9.17) is 23.2 Å². The van der Waals surface area contributed by atoms with Crippen LogP contribution in [-0.4, -0.2) is 33.2 Å². The van der Waals surface area contributed by atoms with E-state index in [9.17, 15) is 17.6 Å². The van der Waals surface area contributed by atoms with Crippen LogP contribution in [0.15, 0.2) is 77.7 Å². The Hall–Kier alpha value is -2.26. The lowest BCUT2D eigenvalue weighted by Crippen LogP contribution is -2.41. The largest absolute Gasteiger partial charge is 0.354 e. The maximum absolute atomic E-state index is 13.3. The van der Waals surface area contributed by atoms with Gasteiger partial charge in [0.2, 0.25) is 5.91 Å². The third-order valence-corrected chi connectivity index (χ3v) is 8.11. The Labute approximate surface area is 206 Å². The van der Waals surface area contributed by atoms with E-state index in [1.165, 1.54) is 12.1 Å². The number of sulfonamides is 1. The number of benzene rings is 3. The quantitative estimate of drug-likeness (QED) is 0.360. The molecule has 0 saturated heterocycles. The smallest absolute Gasteiger partial charge is 0.264 e. The van der Waals surface area contributed by atoms with Crippen LogP contribution in [0.25, 0.3) is 0 Å². The third kappa shape index (κ3) is 7.11. The standard InChI is InChI=1S/C23H21Cl2FN2O3S2/c24-21-11-6-17(14-22(21)25)16-32-13-12-27-23(29)15-28(19-4-2-1-3-5-19)33(30,31)20-9-7-18(26)8-10-20/h1-11,14H,12-13,15-16H2,(H,27,29). The number of carbonyl (C=O) groups is 1. The highest BCUT2D eigenvalue weighted by molar-refractivity contribution is 7.98. The third-order valence-electron chi connectivity index (χ3n) is 4.55. The van der Waals surface area contributed by atoms with Crippen molar-refractivity contribution >= 4 is 56.6 Å². The minimum absolute atomic E-state index is 0.0993. The molecule has 3 rings (SSSR count). The van der Waals surface area contributed by atoms with Crippen molar-refractivity contribution < 1.29 is 17.6 Å². The number of thioether (sulfide) groups is 1. The Morgan fingerprint density at radius 1 is 0.970 bits per heavy atom. The molecule has 3 aromatic rings. The minimum Gasteiger partial charge on any atom is -0.354 e. The SMILES string of the molecule is O=C(CN(c1ccccc1)S(=O)(=O)c1ccc(F)cc1)NCCSCc1ccc(Cl)c(Cl)c1. The number of rotatable bonds is 10. The van der Waals surface area contributed by atoms with Crippen molar-refractivity contribution in [3.8, 4) is 0 Å². The van der Waals surface area contributed by atoms with E-state index in [0.717, 1.165) is 22.0 Å². The van der Waals surface area contributed by atoms with Crippen LogP contribution < -0.4 is 9.62 Å². The van der Waals surface area contributed by atoms with Crippen LogP contribution in [0.4, 0.5) is 10.1 Å². The number of halogens is 3. The summed E-state index contributed by atoms with van der Waals surface area (Å²) in [6.07, 6.45) is 0. The van der Waals surface area contributed by atoms with E-state index in [-0.39, 0.29) is 4.90 Å². The van der Waals surface area contributed by atoms with Gasteiger partial charge in [-0.1, -0.05) is 47.5 Å². The number of amides is 1. The van der Waals surface area contributed by atoms with Crippen LogP contribution in [-0.2, 0) is 20.6 Å². The molecule has 0 aliphatic carbocycles. The Bertz CT molecular complexity index is 1190. The monoisotopic (exact) mass is 526 g/mol. The molecule has 10 heteroatoms. The molecule has 5 nitrogen and oxygen atoms in total. The van der Waals surface area contributed by atoms with E-state index in [0.29, 0.717) is 33.8 Å². The Kier molecular flexibility index (Phi) is 9.02. The molecular weight excluding hydrogens is 506 g/mol. The predicted octanol–water partition coefficient (Wildman–Crippen LogP) is 5.38. The fourth-order valence-electron chi connectivity index (χ4n) is 2.91. The maximum atomic E-state index is 13.3. The van der Waals surface area contributed by atoms with Crippen LogP contribution in [0, 0.1) is 5.82 Å². The van der Waals surface area contributed by atoms with Crippen molar-refractivity contribution in [1.82, 2.24) is 5.32 Å². The normalized spacial score (nSPS) is 11.2. The topological polar surface area (TPSA) is 66.5 Å². The average molecular weight is 527 g/mol. The zero-order chi connectivity index (χ0) is 23.8. The highest BCUT2D eigenvalue weighted by Crippen LogP contribution is 2.25. The molecule has 3 aromatic carbocycles. The number of para-hydroxylation sites is 1. The van der Waals surface area contributed by atoms with Gasteiger partial charge >= 0.3 is 0 Å². The Morgan fingerprint density at radius 2 is 1.67 bits per heavy atom. The number of hydrogen-bond donors (Lipinski definition) is 1. The summed E-state index contributed by atoms with van der Waals surface area (Å²) in [5.41, 5.74) is 1.35. The fraction of sp³-hybridized carbons (Fsp3) is 0.174. The van der Waals surface area contributed by atoms with E-state index in [2.05, 4.69) is 5.32 Å². The van der Waals surface area contributed by atoms with Gasteiger partial charge in [0.15, 0.2) is 0 Å². The first kappa shape index (κ1) is 25.4. The van der Waals surface area contributed by atoms with Crippen molar-refractivity contribution in [3.05, 3.63) is 94.2 Å². The van der Waals surface area contributed by atoms with E-state index >= 15 is 0 Å². The van der Waals surface area contributed by atoms with Gasteiger partial charge in [-0.15, -0.1) is 0 Å². The summed E-state index contributed by atoms with van der Waals surface area (Å²) in [6.45, 7) is -0.0365. The molecule has 174 valence electrons. The lowest BCUT2D eigenvalue weighted by atomic mass is 10.2. The highest BCUT2D eigenvalue weighted by atomic mass is 35.5. The molecule has 33 heavy (non-hydrogen) atoms. The van der Waals surface area contributed by atoms with Crippen LogP contribution in [0.5, 0.6) is 0 Å². The van der Waals surface area contributed by atoms with Crippen molar-refractivity contribution in [2.24, 2.45) is 0 Å². The molecule has 0 bridgehead atoms. The van der Waals surface area contributed by atoms with Crippen molar-refractivity contribution in [2.75, 3.05) is 23.1 Å². The highest BCUT2D eigenvalue weighted by Gasteiger charge is 2.27. The molecule has 0 fully saturated rings. The van der Waals surface area contributed by atoms with Gasteiger partial charge in [0.25, 0.3) is 10.0 Å². The summed E-state index contributed by atoms with van der Waals surface area (Å²) in [5, 5.41) is 3.74. The second-order valence-electron chi connectivity index (χ2n) is 6.95. The number of anilines is 1. The van der Waals surface area contributed by atoms with Gasteiger partial charge in [-0.2, -0.15) is 11.8 Å². The van der Waals surface area contributed by atoms with E-state index in [1.54, 1.807) is 54.2 Å². The molecule has 0 spiro atoms. The molecule has 0 heterocycles. The van der Waals surface area contributed by atoms with Crippen LogP contribution in [0.1, 0.15) is 5.56 Å². The minimum atomic E-state index is -4.07. The van der Waals surface area contributed by atoms with Crippen molar-refractivity contribution in [2.45, 2.75) is 10.6 Å². The molecule has 0 unspecified atom stereocenters. The first-order valence-electron chi connectivity index (χ1n) is 9.89. The number of hydrogen-bond acceptors (Lipinski definition) is 4. The van der Waals surface area contributed by atoms with Crippen molar-refractivity contribution in [1.29, 1.82) is 0 Å². The van der Waals surface area contributed by atoms with Gasteiger partial charge in [-0.05, 0) is 54.1 Å². The molecule has 1 N–H and O–H groups in total. The molecule has 0 aromatic heterocycles. The van der Waals surface area contributed by atoms with Crippen LogP contribution >= 0.6 is 35.0 Å². The molecule has 0 aliphatic rings. The first-order valence-corrected chi connectivity index (χ1v) is 13.2. The molecule has 0 saturated carbocycles. The van der Waals surface area contributed by atoms with E-state index < -0.39 is 28.3 Å². The maximum Gasteiger partial charge on any atom is 0.264 e. The summed E-state index contributed by atoms with van der Waals surface area (Å²) < 4.78 is 40.6. The molecular formula is C23H21Cl2FN2O3S2. The zero-order valence-corrected chi connectivity index (χ0v) is 20.5. The second kappa shape index (κ2) is 11.7. The molecule has 1 amide bonds. The summed E-state index contributed by atoms with van der Waals surface area (Å²) >= 11 is 13.5. The first-order chi connectivity index (χ1) is 15.8. The average Bonchev–Trinajstić information content (AvgIpc) is 2.80.